The molecule has 0 bridgehead atoms. The lowest BCUT2D eigenvalue weighted by atomic mass is 9.80. The van der Waals surface area contributed by atoms with Crippen LogP contribution in [-0.2, 0) is 0 Å². The molecule has 1 aliphatic carbocycles. The summed E-state index contributed by atoms with van der Waals surface area (Å²) in [6, 6.07) is 3.91. The van der Waals surface area contributed by atoms with E-state index in [-0.39, 0.29) is 11.9 Å². The molecule has 1 amide bonds. The van der Waals surface area contributed by atoms with E-state index in [9.17, 15) is 4.79 Å². The van der Waals surface area contributed by atoms with E-state index >= 15 is 0 Å². The number of hydrogen-bond donors (Lipinski definition) is 2. The zero-order valence-corrected chi connectivity index (χ0v) is 11.9. The summed E-state index contributed by atoms with van der Waals surface area (Å²) in [6.07, 6.45) is 5.11. The Morgan fingerprint density at radius 2 is 2.16 bits per heavy atom. The fraction of sp³-hybridized carbons (Fsp3) is 0.600. The number of aromatic nitrogens is 1. The molecule has 1 fully saturated rings. The van der Waals surface area contributed by atoms with E-state index in [1.54, 1.807) is 12.3 Å². The van der Waals surface area contributed by atoms with E-state index in [1.807, 2.05) is 13.1 Å². The highest BCUT2D eigenvalue weighted by Crippen LogP contribution is 2.28. The van der Waals surface area contributed by atoms with Crippen LogP contribution < -0.4 is 10.6 Å². The number of pyridine rings is 1. The van der Waals surface area contributed by atoms with Crippen molar-refractivity contribution in [2.45, 2.75) is 39.2 Å². The highest BCUT2D eigenvalue weighted by atomic mass is 16.1. The minimum absolute atomic E-state index is 0.0662. The van der Waals surface area contributed by atoms with Crippen LogP contribution in [0.15, 0.2) is 18.3 Å². The second-order valence-electron chi connectivity index (χ2n) is 5.66. The van der Waals surface area contributed by atoms with Crippen LogP contribution >= 0.6 is 0 Å². The minimum Gasteiger partial charge on any atom is -0.388 e. The van der Waals surface area contributed by atoms with Gasteiger partial charge in [-0.25, -0.2) is 0 Å². The second-order valence-corrected chi connectivity index (χ2v) is 5.66. The van der Waals surface area contributed by atoms with E-state index in [0.29, 0.717) is 11.6 Å². The van der Waals surface area contributed by atoms with Crippen molar-refractivity contribution >= 4 is 11.6 Å². The van der Waals surface area contributed by atoms with Gasteiger partial charge in [0.15, 0.2) is 0 Å². The van der Waals surface area contributed by atoms with Gasteiger partial charge in [-0.15, -0.1) is 0 Å². The topological polar surface area (TPSA) is 54.0 Å². The molecule has 2 N–H and O–H groups in total. The van der Waals surface area contributed by atoms with E-state index in [2.05, 4.69) is 29.5 Å². The Bertz CT molecular complexity index is 447. The number of nitrogens with one attached hydrogen (secondary N) is 2. The molecular formula is C15H23N3O. The molecule has 3 unspecified atom stereocenters. The molecule has 1 heterocycles. The number of anilines is 1. The summed E-state index contributed by atoms with van der Waals surface area (Å²) in [4.78, 5) is 16.3. The Morgan fingerprint density at radius 1 is 1.37 bits per heavy atom. The van der Waals surface area contributed by atoms with Crippen LogP contribution in [-0.4, -0.2) is 24.0 Å². The zero-order valence-electron chi connectivity index (χ0n) is 11.9. The zero-order chi connectivity index (χ0) is 13.8. The summed E-state index contributed by atoms with van der Waals surface area (Å²) in [5, 5.41) is 6.15. The smallest absolute Gasteiger partial charge is 0.270 e. The fourth-order valence-electron chi connectivity index (χ4n) is 2.83. The average Bonchev–Trinajstić information content (AvgIpc) is 2.42. The number of hydrogen-bond acceptors (Lipinski definition) is 3. The third-order valence-corrected chi connectivity index (χ3v) is 4.03. The molecule has 1 aromatic rings. The van der Waals surface area contributed by atoms with Crippen LogP contribution in [0.2, 0.25) is 0 Å². The predicted molar refractivity (Wildman–Crippen MR) is 77.2 cm³/mol. The standard InChI is InChI=1S/C15H23N3O/c1-10-4-5-13(11(2)8-10)18-15(19)14-9-12(16-3)6-7-17-14/h6-7,9-11,13H,4-5,8H2,1-3H3,(H,16,17)(H,18,19). The lowest BCUT2D eigenvalue weighted by Gasteiger charge is -2.33. The molecule has 0 saturated heterocycles. The Hall–Kier alpha value is -1.58. The number of nitrogens with zero attached hydrogens (tertiary/aromatic N) is 1. The predicted octanol–water partition coefficient (Wildman–Crippen LogP) is 2.68. The maximum absolute atomic E-state index is 12.2. The molecule has 3 atom stereocenters. The number of carbonyl (C=O) groups is 1. The van der Waals surface area contributed by atoms with Crippen molar-refractivity contribution in [2.24, 2.45) is 11.8 Å². The van der Waals surface area contributed by atoms with Crippen LogP contribution in [0.1, 0.15) is 43.6 Å². The molecule has 4 heteroatoms. The number of carbonyl (C=O) groups excluding carboxylic acids is 1. The maximum atomic E-state index is 12.2. The molecule has 104 valence electrons. The fourth-order valence-corrected chi connectivity index (χ4v) is 2.83. The van der Waals surface area contributed by atoms with Crippen molar-refractivity contribution in [2.75, 3.05) is 12.4 Å². The average molecular weight is 261 g/mol. The highest BCUT2D eigenvalue weighted by Gasteiger charge is 2.27. The van der Waals surface area contributed by atoms with E-state index in [4.69, 9.17) is 0 Å². The van der Waals surface area contributed by atoms with Crippen LogP contribution in [0.5, 0.6) is 0 Å². The highest BCUT2D eigenvalue weighted by molar-refractivity contribution is 5.93. The maximum Gasteiger partial charge on any atom is 0.270 e. The summed E-state index contributed by atoms with van der Waals surface area (Å²) in [5.74, 6) is 1.25. The summed E-state index contributed by atoms with van der Waals surface area (Å²) in [5.41, 5.74) is 1.39. The molecule has 0 radical (unpaired) electrons. The first-order chi connectivity index (χ1) is 9.10. The van der Waals surface area contributed by atoms with E-state index in [0.717, 1.165) is 18.0 Å². The third-order valence-electron chi connectivity index (χ3n) is 4.03. The molecular weight excluding hydrogens is 238 g/mol. The second kappa shape index (κ2) is 6.04. The van der Waals surface area contributed by atoms with Gasteiger partial charge in [-0.3, -0.25) is 9.78 Å². The van der Waals surface area contributed by atoms with Gasteiger partial charge in [-0.2, -0.15) is 0 Å². The van der Waals surface area contributed by atoms with Gasteiger partial charge >= 0.3 is 0 Å². The van der Waals surface area contributed by atoms with Gasteiger partial charge < -0.3 is 10.6 Å². The number of rotatable bonds is 3. The van der Waals surface area contributed by atoms with Crippen LogP contribution in [0, 0.1) is 11.8 Å². The Kier molecular flexibility index (Phi) is 4.40. The van der Waals surface area contributed by atoms with E-state index in [1.165, 1.54) is 12.8 Å². The molecule has 0 aromatic carbocycles. The normalized spacial score (nSPS) is 26.8. The summed E-state index contributed by atoms with van der Waals surface area (Å²) >= 11 is 0. The van der Waals surface area contributed by atoms with Gasteiger partial charge in [0.25, 0.3) is 5.91 Å². The molecule has 0 aliphatic heterocycles. The van der Waals surface area contributed by atoms with E-state index < -0.39 is 0 Å². The largest absolute Gasteiger partial charge is 0.388 e. The lowest BCUT2D eigenvalue weighted by Crippen LogP contribution is -2.42. The van der Waals surface area contributed by atoms with Gasteiger partial charge in [0.2, 0.25) is 0 Å². The summed E-state index contributed by atoms with van der Waals surface area (Å²) < 4.78 is 0. The lowest BCUT2D eigenvalue weighted by molar-refractivity contribution is 0.0894. The first-order valence-electron chi connectivity index (χ1n) is 7.04. The molecule has 1 saturated carbocycles. The van der Waals surface area contributed by atoms with Crippen LogP contribution in [0.4, 0.5) is 5.69 Å². The Labute approximate surface area is 115 Å². The number of amides is 1. The molecule has 19 heavy (non-hydrogen) atoms. The molecule has 1 aliphatic rings. The van der Waals surface area contributed by atoms with Crippen molar-refractivity contribution in [1.29, 1.82) is 0 Å². The Balaban J connectivity index is 2.00. The van der Waals surface area contributed by atoms with Gasteiger partial charge in [0.05, 0.1) is 0 Å². The van der Waals surface area contributed by atoms with Gasteiger partial charge in [-0.1, -0.05) is 13.8 Å². The minimum atomic E-state index is -0.0662. The van der Waals surface area contributed by atoms with Gasteiger partial charge in [0, 0.05) is 25.0 Å². The van der Waals surface area contributed by atoms with Gasteiger partial charge in [-0.05, 0) is 43.2 Å². The third kappa shape index (κ3) is 3.46. The van der Waals surface area contributed by atoms with Crippen molar-refractivity contribution < 1.29 is 4.79 Å². The van der Waals surface area contributed by atoms with Crippen molar-refractivity contribution in [3.63, 3.8) is 0 Å². The molecule has 2 rings (SSSR count). The summed E-state index contributed by atoms with van der Waals surface area (Å²) in [6.45, 7) is 4.50. The van der Waals surface area contributed by atoms with Gasteiger partial charge in [0.1, 0.15) is 5.69 Å². The molecule has 4 nitrogen and oxygen atoms in total. The quantitative estimate of drug-likeness (QED) is 0.879. The molecule has 0 spiro atoms. The van der Waals surface area contributed by atoms with Crippen molar-refractivity contribution in [3.05, 3.63) is 24.0 Å². The first-order valence-corrected chi connectivity index (χ1v) is 7.04. The summed E-state index contributed by atoms with van der Waals surface area (Å²) in [7, 11) is 1.83. The molecule has 1 aromatic heterocycles. The SMILES string of the molecule is CNc1ccnc(C(=O)NC2CCC(C)CC2C)c1. The monoisotopic (exact) mass is 261 g/mol. The Morgan fingerprint density at radius 3 is 2.84 bits per heavy atom. The van der Waals surface area contributed by atoms with Crippen LogP contribution in [0.3, 0.4) is 0 Å². The van der Waals surface area contributed by atoms with Crippen LogP contribution in [0.25, 0.3) is 0 Å². The first kappa shape index (κ1) is 13.8. The van der Waals surface area contributed by atoms with Crippen molar-refractivity contribution in [3.8, 4) is 0 Å². The van der Waals surface area contributed by atoms with Crippen molar-refractivity contribution in [1.82, 2.24) is 10.3 Å².